The molecule has 0 fully saturated rings. The summed E-state index contributed by atoms with van der Waals surface area (Å²) >= 11 is 0. The number of rotatable bonds is 0. The zero-order valence-corrected chi connectivity index (χ0v) is 9.03. The van der Waals surface area contributed by atoms with Gasteiger partial charge in [0.05, 0.1) is 0 Å². The van der Waals surface area contributed by atoms with Crippen LogP contribution in [-0.4, -0.2) is 23.9 Å². The molecule has 0 aromatic heterocycles. The molecule has 0 atom stereocenters. The van der Waals surface area contributed by atoms with Crippen molar-refractivity contribution in [2.24, 2.45) is 0 Å². The van der Waals surface area contributed by atoms with E-state index in [9.17, 15) is 0 Å². The van der Waals surface area contributed by atoms with Crippen LogP contribution in [0.2, 0.25) is 0 Å². The normalized spacial score (nSPS) is 0. The van der Waals surface area contributed by atoms with Crippen molar-refractivity contribution in [3.8, 4) is 0 Å². The molecule has 0 spiro atoms. The molecule has 0 saturated heterocycles. The van der Waals surface area contributed by atoms with E-state index in [-0.39, 0.29) is 102 Å². The van der Waals surface area contributed by atoms with Gasteiger partial charge in [0.15, 0.2) is 0 Å². The van der Waals surface area contributed by atoms with Crippen LogP contribution in [0.15, 0.2) is 0 Å². The van der Waals surface area contributed by atoms with Crippen molar-refractivity contribution in [3.63, 3.8) is 0 Å². The molecule has 6 heavy (non-hydrogen) atoms. The molecular formula is Li2S3Sn. The van der Waals surface area contributed by atoms with Crippen molar-refractivity contribution >= 4 is 64.4 Å². The second kappa shape index (κ2) is 43.1. The predicted molar refractivity (Wildman–Crippen MR) is 27.8 cm³/mol. The molecule has 0 unspecified atom stereocenters. The van der Waals surface area contributed by atoms with Gasteiger partial charge in [-0.15, -0.1) is 0 Å². The van der Waals surface area contributed by atoms with Gasteiger partial charge in [0.25, 0.3) is 0 Å². The largest absolute Gasteiger partial charge is 4.00 e. The first-order valence-corrected chi connectivity index (χ1v) is 0. The predicted octanol–water partition coefficient (Wildman–Crippen LogP) is -6.38. The summed E-state index contributed by atoms with van der Waals surface area (Å²) in [6.45, 7) is 0. The monoisotopic (exact) mass is 230 g/mol. The maximum Gasteiger partial charge on any atom is 4.00 e. The molecular weight excluding hydrogens is 229 g/mol. The quantitative estimate of drug-likeness (QED) is 0.362. The Morgan fingerprint density at radius 3 is 0.500 bits per heavy atom. The number of hydrogen-bond acceptors (Lipinski definition) is 0. The Kier molecular flexibility index (Phi) is 454. The molecule has 0 rings (SSSR count). The van der Waals surface area contributed by atoms with E-state index < -0.39 is 0 Å². The SMILES string of the molecule is [Li+].[Li+].[S-2].[S-2].[S-2].[Sn+4]. The Morgan fingerprint density at radius 1 is 0.500 bits per heavy atom. The van der Waals surface area contributed by atoms with Crippen molar-refractivity contribution in [1.82, 2.24) is 0 Å². The molecule has 24 valence electrons. The van der Waals surface area contributed by atoms with Crippen LogP contribution in [0.1, 0.15) is 0 Å². The summed E-state index contributed by atoms with van der Waals surface area (Å²) in [6.07, 6.45) is 0. The Morgan fingerprint density at radius 2 is 0.500 bits per heavy atom. The summed E-state index contributed by atoms with van der Waals surface area (Å²) in [5.41, 5.74) is 0. The first-order chi connectivity index (χ1) is 0. The van der Waals surface area contributed by atoms with E-state index in [0.717, 1.165) is 0 Å². The molecule has 0 aliphatic rings. The molecule has 0 heterocycles. The summed E-state index contributed by atoms with van der Waals surface area (Å²) in [6, 6.07) is 0. The van der Waals surface area contributed by atoms with E-state index in [1.165, 1.54) is 0 Å². The van der Waals surface area contributed by atoms with Crippen LogP contribution < -0.4 is 37.7 Å². The summed E-state index contributed by atoms with van der Waals surface area (Å²) in [5, 5.41) is 0. The van der Waals surface area contributed by atoms with Crippen LogP contribution in [0.25, 0.3) is 0 Å². The third-order valence-corrected chi connectivity index (χ3v) is 0. The maximum atomic E-state index is 0. The average molecular weight is 229 g/mol. The van der Waals surface area contributed by atoms with Crippen molar-refractivity contribution < 1.29 is 37.7 Å². The third kappa shape index (κ3) is 27.8. The smallest absolute Gasteiger partial charge is 2.00 e. The van der Waals surface area contributed by atoms with Crippen LogP contribution in [0.4, 0.5) is 0 Å². The maximum absolute atomic E-state index is 0. The van der Waals surface area contributed by atoms with Gasteiger partial charge in [-0.05, 0) is 0 Å². The Hall–Kier alpha value is 3.04. The fourth-order valence-electron chi connectivity index (χ4n) is 0. The van der Waals surface area contributed by atoms with Gasteiger partial charge in [-0.25, -0.2) is 0 Å². The Bertz CT molecular complexity index is 8.75. The van der Waals surface area contributed by atoms with Gasteiger partial charge in [-0.1, -0.05) is 0 Å². The van der Waals surface area contributed by atoms with E-state index in [2.05, 4.69) is 0 Å². The molecule has 0 amide bonds. The van der Waals surface area contributed by atoms with Crippen molar-refractivity contribution in [3.05, 3.63) is 0 Å². The van der Waals surface area contributed by atoms with E-state index in [1.807, 2.05) is 0 Å². The first-order valence-electron chi connectivity index (χ1n) is 0. The van der Waals surface area contributed by atoms with E-state index >= 15 is 0 Å². The van der Waals surface area contributed by atoms with Crippen LogP contribution in [0.3, 0.4) is 0 Å². The standard InChI is InChI=1S/2Li.3S.Sn/q2*+1;3*-2;+4. The summed E-state index contributed by atoms with van der Waals surface area (Å²) < 4.78 is 0. The summed E-state index contributed by atoms with van der Waals surface area (Å²) in [5.74, 6) is 0. The van der Waals surface area contributed by atoms with Gasteiger partial charge in [-0.2, -0.15) is 0 Å². The number of hydrogen-bond donors (Lipinski definition) is 0. The van der Waals surface area contributed by atoms with Crippen LogP contribution >= 0.6 is 0 Å². The minimum Gasteiger partial charge on any atom is -2.00 e. The Labute approximate surface area is 101 Å². The van der Waals surface area contributed by atoms with Crippen molar-refractivity contribution in [2.45, 2.75) is 0 Å². The van der Waals surface area contributed by atoms with Gasteiger partial charge in [0.1, 0.15) is 0 Å². The molecule has 0 nitrogen and oxygen atoms in total. The fourth-order valence-corrected chi connectivity index (χ4v) is 0. The van der Waals surface area contributed by atoms with Gasteiger partial charge in [0, 0.05) is 0 Å². The fraction of sp³-hybridized carbons (Fsp3) is 0. The van der Waals surface area contributed by atoms with Gasteiger partial charge < -0.3 is 40.5 Å². The third-order valence-electron chi connectivity index (χ3n) is 0. The van der Waals surface area contributed by atoms with Gasteiger partial charge in [0.2, 0.25) is 0 Å². The first kappa shape index (κ1) is 63.2. The molecule has 0 radical (unpaired) electrons. The molecule has 6 heteroatoms. The second-order valence-electron chi connectivity index (χ2n) is 0. The van der Waals surface area contributed by atoms with Gasteiger partial charge in [-0.3, -0.25) is 0 Å². The topological polar surface area (TPSA) is 0 Å². The van der Waals surface area contributed by atoms with Crippen LogP contribution in [0, 0.1) is 0 Å². The van der Waals surface area contributed by atoms with E-state index in [4.69, 9.17) is 0 Å². The van der Waals surface area contributed by atoms with Gasteiger partial charge >= 0.3 is 61.6 Å². The molecule has 0 aromatic carbocycles. The van der Waals surface area contributed by atoms with E-state index in [0.29, 0.717) is 0 Å². The van der Waals surface area contributed by atoms with Crippen LogP contribution in [-0.2, 0) is 40.5 Å². The van der Waals surface area contributed by atoms with Crippen LogP contribution in [0.5, 0.6) is 0 Å². The second-order valence-corrected chi connectivity index (χ2v) is 0. The minimum atomic E-state index is 0. The average Bonchev–Trinajstić information content (AvgIpc) is 0. The molecule has 0 aromatic rings. The molecule has 0 saturated carbocycles. The zero-order valence-electron chi connectivity index (χ0n) is 3.72. The zero-order chi connectivity index (χ0) is 0. The molecule has 0 aliphatic carbocycles. The molecule has 0 bridgehead atoms. The van der Waals surface area contributed by atoms with E-state index in [1.54, 1.807) is 0 Å². The summed E-state index contributed by atoms with van der Waals surface area (Å²) in [7, 11) is 0. The molecule has 0 N–H and O–H groups in total. The molecule has 0 aliphatic heterocycles. The minimum absolute atomic E-state index is 0. The van der Waals surface area contributed by atoms with Crippen molar-refractivity contribution in [2.75, 3.05) is 0 Å². The summed E-state index contributed by atoms with van der Waals surface area (Å²) in [4.78, 5) is 0. The van der Waals surface area contributed by atoms with Crippen molar-refractivity contribution in [1.29, 1.82) is 0 Å². The Balaban J connectivity index is 0.